The average Bonchev–Trinajstić information content (AvgIpc) is 2.66. The van der Waals surface area contributed by atoms with Crippen LogP contribution < -0.4 is 4.31 Å². The number of hydrogen-bond donors (Lipinski definition) is 0. The Hall–Kier alpha value is -2.41. The van der Waals surface area contributed by atoms with E-state index < -0.39 is 19.7 Å². The van der Waals surface area contributed by atoms with E-state index in [1.54, 1.807) is 19.1 Å². The van der Waals surface area contributed by atoms with Crippen molar-refractivity contribution in [3.05, 3.63) is 69.3 Å². The molecule has 126 valence electrons. The molecule has 2 aromatic rings. The number of fused-ring (bicyclic) bond motifs is 1. The highest BCUT2D eigenvalue weighted by Gasteiger charge is 2.53. The van der Waals surface area contributed by atoms with Crippen molar-refractivity contribution in [2.24, 2.45) is 0 Å². The quantitative estimate of drug-likeness (QED) is 0.629. The molecule has 1 aliphatic rings. The van der Waals surface area contributed by atoms with Gasteiger partial charge in [0.05, 0.1) is 22.7 Å². The second kappa shape index (κ2) is 5.31. The topological polar surface area (TPSA) is 80.5 Å². The van der Waals surface area contributed by atoms with E-state index >= 15 is 0 Å². The predicted molar refractivity (Wildman–Crippen MR) is 92.4 cm³/mol. The van der Waals surface area contributed by atoms with Gasteiger partial charge in [-0.2, -0.15) is 0 Å². The largest absolute Gasteiger partial charge is 0.279 e. The molecule has 0 N–H and O–H groups in total. The molecule has 7 heteroatoms. The van der Waals surface area contributed by atoms with Crippen molar-refractivity contribution < 1.29 is 13.3 Å². The summed E-state index contributed by atoms with van der Waals surface area (Å²) in [6.07, 6.45) is 0. The van der Waals surface area contributed by atoms with E-state index in [1.165, 1.54) is 18.2 Å². The second-order valence-electron chi connectivity index (χ2n) is 6.39. The fourth-order valence-electron chi connectivity index (χ4n) is 3.17. The molecule has 0 saturated carbocycles. The number of rotatable bonds is 3. The number of anilines is 1. The van der Waals surface area contributed by atoms with E-state index in [0.29, 0.717) is 11.3 Å². The Morgan fingerprint density at radius 2 is 1.75 bits per heavy atom. The van der Waals surface area contributed by atoms with Gasteiger partial charge in [-0.25, -0.2) is 8.42 Å². The van der Waals surface area contributed by atoms with Gasteiger partial charge in [-0.15, -0.1) is 0 Å². The molecule has 6 nitrogen and oxygen atoms in total. The Morgan fingerprint density at radius 1 is 1.12 bits per heavy atom. The minimum atomic E-state index is -3.77. The Kier molecular flexibility index (Phi) is 3.64. The molecule has 0 aromatic heterocycles. The van der Waals surface area contributed by atoms with Crippen LogP contribution in [0.1, 0.15) is 30.5 Å². The van der Waals surface area contributed by atoms with Gasteiger partial charge in [0.1, 0.15) is 4.75 Å². The Morgan fingerprint density at radius 3 is 2.33 bits per heavy atom. The number of aryl methyl sites for hydroxylation is 1. The van der Waals surface area contributed by atoms with Crippen molar-refractivity contribution in [1.82, 2.24) is 0 Å². The lowest BCUT2D eigenvalue weighted by atomic mass is 9.95. The number of sulfonamides is 1. The summed E-state index contributed by atoms with van der Waals surface area (Å²) in [4.78, 5) is 11.0. The van der Waals surface area contributed by atoms with E-state index in [0.717, 1.165) is 5.56 Å². The summed E-state index contributed by atoms with van der Waals surface area (Å²) >= 11 is 0. The lowest BCUT2D eigenvalue weighted by Gasteiger charge is -2.22. The van der Waals surface area contributed by atoms with Gasteiger partial charge in [0, 0.05) is 5.56 Å². The predicted octanol–water partition coefficient (Wildman–Crippen LogP) is 3.49. The first-order valence-electron chi connectivity index (χ1n) is 7.52. The van der Waals surface area contributed by atoms with Crippen LogP contribution in [0.3, 0.4) is 0 Å². The number of nitro benzene ring substituents is 1. The van der Waals surface area contributed by atoms with Crippen molar-refractivity contribution in [3.63, 3.8) is 0 Å². The lowest BCUT2D eigenvalue weighted by Crippen LogP contribution is -2.35. The van der Waals surface area contributed by atoms with Crippen LogP contribution in [0.25, 0.3) is 0 Å². The van der Waals surface area contributed by atoms with Gasteiger partial charge in [-0.1, -0.05) is 36.4 Å². The first-order valence-corrected chi connectivity index (χ1v) is 8.96. The molecule has 0 atom stereocenters. The molecular weight excluding hydrogens is 328 g/mol. The van der Waals surface area contributed by atoms with Crippen molar-refractivity contribution >= 4 is 21.4 Å². The third kappa shape index (κ3) is 2.19. The molecule has 24 heavy (non-hydrogen) atoms. The molecule has 0 radical (unpaired) electrons. The first-order chi connectivity index (χ1) is 11.2. The summed E-state index contributed by atoms with van der Waals surface area (Å²) in [6, 6.07) is 12.5. The summed E-state index contributed by atoms with van der Waals surface area (Å²) in [5.41, 5.74) is 1.83. The van der Waals surface area contributed by atoms with E-state index in [1.807, 2.05) is 30.3 Å². The highest BCUT2D eigenvalue weighted by molar-refractivity contribution is 7.94. The van der Waals surface area contributed by atoms with Gasteiger partial charge in [0.15, 0.2) is 0 Å². The first kappa shape index (κ1) is 16.4. The van der Waals surface area contributed by atoms with E-state index in [9.17, 15) is 18.5 Å². The zero-order valence-corrected chi connectivity index (χ0v) is 14.5. The van der Waals surface area contributed by atoms with Crippen LogP contribution in [0.5, 0.6) is 0 Å². The van der Waals surface area contributed by atoms with Crippen molar-refractivity contribution in [1.29, 1.82) is 0 Å². The highest BCUT2D eigenvalue weighted by Crippen LogP contribution is 2.52. The molecular formula is C17H18N2O4S. The van der Waals surface area contributed by atoms with Gasteiger partial charge >= 0.3 is 0 Å². The zero-order chi connectivity index (χ0) is 17.7. The smallest absolute Gasteiger partial charge is 0.265 e. The Labute approximate surface area is 140 Å². The summed E-state index contributed by atoms with van der Waals surface area (Å²) in [5.74, 6) is 0. The molecule has 1 heterocycles. The average molecular weight is 346 g/mol. The minimum absolute atomic E-state index is 0.114. The fraction of sp³-hybridized carbons (Fsp3) is 0.294. The van der Waals surface area contributed by atoms with Crippen molar-refractivity contribution in [2.45, 2.75) is 32.1 Å². The van der Waals surface area contributed by atoms with Gasteiger partial charge in [0.2, 0.25) is 10.0 Å². The van der Waals surface area contributed by atoms with Crippen LogP contribution in [0, 0.1) is 17.0 Å². The molecule has 0 unspecified atom stereocenters. The molecule has 1 aliphatic heterocycles. The highest BCUT2D eigenvalue weighted by atomic mass is 32.2. The Balaban J connectivity index is 2.25. The summed E-state index contributed by atoms with van der Waals surface area (Å²) < 4.78 is 26.1. The number of hydrogen-bond acceptors (Lipinski definition) is 4. The molecule has 0 saturated heterocycles. The zero-order valence-electron chi connectivity index (χ0n) is 13.7. The summed E-state index contributed by atoms with van der Waals surface area (Å²) in [5, 5.41) is 11.5. The van der Waals surface area contributed by atoms with Crippen LogP contribution >= 0.6 is 0 Å². The SMILES string of the molecule is Cc1ccc2c(c1[N+](=O)[O-])C(C)(C)S(=O)(=O)N2Cc1ccccc1. The van der Waals surface area contributed by atoms with Gasteiger partial charge < -0.3 is 0 Å². The van der Waals surface area contributed by atoms with Crippen molar-refractivity contribution in [3.8, 4) is 0 Å². The summed E-state index contributed by atoms with van der Waals surface area (Å²) in [7, 11) is -3.77. The number of nitrogens with zero attached hydrogens (tertiary/aromatic N) is 2. The molecule has 2 aromatic carbocycles. The van der Waals surface area contributed by atoms with E-state index in [-0.39, 0.29) is 17.8 Å². The maximum Gasteiger partial charge on any atom is 0.279 e. The maximum absolute atomic E-state index is 13.1. The van der Waals surface area contributed by atoms with Gasteiger partial charge in [0.25, 0.3) is 5.69 Å². The number of nitro groups is 1. The lowest BCUT2D eigenvalue weighted by molar-refractivity contribution is -0.386. The second-order valence-corrected chi connectivity index (χ2v) is 8.80. The fourth-order valence-corrected chi connectivity index (χ4v) is 4.91. The van der Waals surface area contributed by atoms with Crippen LogP contribution in [0.4, 0.5) is 11.4 Å². The van der Waals surface area contributed by atoms with E-state index in [4.69, 9.17) is 0 Å². The standard InChI is InChI=1S/C17H18N2O4S/c1-12-9-10-14-15(16(12)19(20)21)17(2,3)24(22,23)18(14)11-13-7-5-4-6-8-13/h4-10H,11H2,1-3H3. The molecule has 0 aliphatic carbocycles. The van der Waals surface area contributed by atoms with Crippen molar-refractivity contribution in [2.75, 3.05) is 4.31 Å². The maximum atomic E-state index is 13.1. The molecule has 0 spiro atoms. The van der Waals surface area contributed by atoms with Crippen LogP contribution in [0.15, 0.2) is 42.5 Å². The van der Waals surface area contributed by atoms with Crippen LogP contribution in [-0.4, -0.2) is 13.3 Å². The van der Waals surface area contributed by atoms with E-state index in [2.05, 4.69) is 0 Å². The monoisotopic (exact) mass is 346 g/mol. The molecule has 0 bridgehead atoms. The molecule has 3 rings (SSSR count). The molecule has 0 fully saturated rings. The normalized spacial score (nSPS) is 17.5. The van der Waals surface area contributed by atoms with Crippen LogP contribution in [-0.2, 0) is 21.3 Å². The third-order valence-corrected chi connectivity index (χ3v) is 6.91. The third-order valence-electron chi connectivity index (χ3n) is 4.52. The number of benzene rings is 2. The summed E-state index contributed by atoms with van der Waals surface area (Å²) in [6.45, 7) is 4.83. The van der Waals surface area contributed by atoms with Crippen LogP contribution in [0.2, 0.25) is 0 Å². The molecule has 0 amide bonds. The Bertz CT molecular complexity index is 921. The van der Waals surface area contributed by atoms with Gasteiger partial charge in [-0.05, 0) is 32.4 Å². The minimum Gasteiger partial charge on any atom is -0.265 e. The van der Waals surface area contributed by atoms with Gasteiger partial charge in [-0.3, -0.25) is 14.4 Å².